The smallest absolute Gasteiger partial charge is 0.189 e. The Morgan fingerprint density at radius 3 is 2.69 bits per heavy atom. The van der Waals surface area contributed by atoms with Crippen LogP contribution in [0, 0.1) is 0 Å². The molecule has 0 atom stereocenters. The van der Waals surface area contributed by atoms with Gasteiger partial charge < -0.3 is 15.3 Å². The lowest BCUT2D eigenvalue weighted by Crippen LogP contribution is -2.49. The number of thiocarbonyl (C=S) groups is 1. The van der Waals surface area contributed by atoms with Crippen LogP contribution in [-0.4, -0.2) is 47.0 Å². The van der Waals surface area contributed by atoms with Crippen molar-refractivity contribution < 1.29 is 5.11 Å². The molecule has 3 rings (SSSR count). The van der Waals surface area contributed by atoms with E-state index in [1.165, 1.54) is 16.9 Å². The predicted molar refractivity (Wildman–Crippen MR) is 116 cm³/mol. The zero-order chi connectivity index (χ0) is 18.5. The van der Waals surface area contributed by atoms with Gasteiger partial charge in [-0.05, 0) is 30.3 Å². The van der Waals surface area contributed by atoms with E-state index in [1.807, 2.05) is 24.4 Å². The standard InChI is InChI=1S/C18H21BrN4OS2/c1-12(21-22-18(25)23-8-6-20-7-9-23)15-11-26-17(16(15)24)14-4-2-13(10-19)3-5-14/h2-5,11,20,24H,6-10H2,1H3,(H,22,25)/b21-12+. The van der Waals surface area contributed by atoms with Gasteiger partial charge in [0, 0.05) is 36.9 Å². The van der Waals surface area contributed by atoms with Crippen molar-refractivity contribution in [1.82, 2.24) is 15.6 Å². The molecule has 2 heterocycles. The molecule has 138 valence electrons. The summed E-state index contributed by atoms with van der Waals surface area (Å²) in [7, 11) is 0. The summed E-state index contributed by atoms with van der Waals surface area (Å²) in [6.07, 6.45) is 0. The van der Waals surface area contributed by atoms with Crippen LogP contribution in [0.1, 0.15) is 18.1 Å². The zero-order valence-corrected chi connectivity index (χ0v) is 17.7. The molecule has 1 aliphatic heterocycles. The summed E-state index contributed by atoms with van der Waals surface area (Å²) in [5.74, 6) is 0.262. The van der Waals surface area contributed by atoms with Crippen molar-refractivity contribution in [2.45, 2.75) is 12.3 Å². The van der Waals surface area contributed by atoms with E-state index >= 15 is 0 Å². The van der Waals surface area contributed by atoms with E-state index in [2.05, 4.69) is 48.8 Å². The number of hydrogen-bond acceptors (Lipinski definition) is 5. The van der Waals surface area contributed by atoms with Gasteiger partial charge in [0.2, 0.25) is 0 Å². The molecule has 1 saturated heterocycles. The number of nitrogens with zero attached hydrogens (tertiary/aromatic N) is 2. The Morgan fingerprint density at radius 2 is 2.04 bits per heavy atom. The minimum Gasteiger partial charge on any atom is -0.506 e. The van der Waals surface area contributed by atoms with Crippen LogP contribution in [0.15, 0.2) is 34.7 Å². The maximum atomic E-state index is 10.6. The molecule has 2 aromatic rings. The fourth-order valence-electron chi connectivity index (χ4n) is 2.69. The van der Waals surface area contributed by atoms with Crippen molar-refractivity contribution in [3.05, 3.63) is 40.8 Å². The molecule has 1 fully saturated rings. The summed E-state index contributed by atoms with van der Waals surface area (Å²) in [6, 6.07) is 8.15. The number of nitrogens with one attached hydrogen (secondary N) is 2. The number of rotatable bonds is 4. The SMILES string of the molecule is C/C(=N\NC(=S)N1CCNCC1)c1csc(-c2ccc(CBr)cc2)c1O. The molecular formula is C18H21BrN4OS2. The van der Waals surface area contributed by atoms with Gasteiger partial charge in [0.15, 0.2) is 5.11 Å². The van der Waals surface area contributed by atoms with Gasteiger partial charge in [-0.2, -0.15) is 5.10 Å². The average molecular weight is 453 g/mol. The third kappa shape index (κ3) is 4.43. The zero-order valence-electron chi connectivity index (χ0n) is 14.5. The van der Waals surface area contributed by atoms with Gasteiger partial charge in [-0.3, -0.25) is 5.43 Å². The van der Waals surface area contributed by atoms with E-state index in [9.17, 15) is 5.11 Å². The highest BCUT2D eigenvalue weighted by atomic mass is 79.9. The van der Waals surface area contributed by atoms with E-state index in [1.54, 1.807) is 0 Å². The van der Waals surface area contributed by atoms with Crippen molar-refractivity contribution in [3.8, 4) is 16.2 Å². The molecule has 5 nitrogen and oxygen atoms in total. The topological polar surface area (TPSA) is 59.9 Å². The highest BCUT2D eigenvalue weighted by molar-refractivity contribution is 9.08. The van der Waals surface area contributed by atoms with Crippen molar-refractivity contribution in [2.24, 2.45) is 5.10 Å². The van der Waals surface area contributed by atoms with Crippen LogP contribution in [0.2, 0.25) is 0 Å². The quantitative estimate of drug-likeness (QED) is 0.286. The molecule has 0 aliphatic carbocycles. The summed E-state index contributed by atoms with van der Waals surface area (Å²) in [5.41, 5.74) is 6.59. The van der Waals surface area contributed by atoms with E-state index in [-0.39, 0.29) is 5.75 Å². The molecule has 0 spiro atoms. The Hall–Kier alpha value is -1.48. The molecule has 3 N–H and O–H groups in total. The Kier molecular flexibility index (Phi) is 6.63. The number of alkyl halides is 1. The Bertz CT molecular complexity index is 798. The fraction of sp³-hybridized carbons (Fsp3) is 0.333. The van der Waals surface area contributed by atoms with Crippen molar-refractivity contribution >= 4 is 50.3 Å². The first-order valence-electron chi connectivity index (χ1n) is 8.36. The molecule has 1 aromatic carbocycles. The van der Waals surface area contributed by atoms with Crippen LogP contribution in [0.4, 0.5) is 0 Å². The number of benzene rings is 1. The highest BCUT2D eigenvalue weighted by Crippen LogP contribution is 2.38. The van der Waals surface area contributed by atoms with Crippen molar-refractivity contribution in [2.75, 3.05) is 26.2 Å². The Morgan fingerprint density at radius 1 is 1.35 bits per heavy atom. The maximum Gasteiger partial charge on any atom is 0.189 e. The van der Waals surface area contributed by atoms with Gasteiger partial charge in [0.25, 0.3) is 0 Å². The third-order valence-electron chi connectivity index (χ3n) is 4.25. The minimum atomic E-state index is 0.262. The van der Waals surface area contributed by atoms with E-state index in [4.69, 9.17) is 12.2 Å². The second-order valence-electron chi connectivity index (χ2n) is 6.01. The van der Waals surface area contributed by atoms with Crippen LogP contribution in [0.3, 0.4) is 0 Å². The third-order valence-corrected chi connectivity index (χ3v) is 6.26. The van der Waals surface area contributed by atoms with Gasteiger partial charge in [-0.25, -0.2) is 0 Å². The summed E-state index contributed by atoms with van der Waals surface area (Å²) < 4.78 is 0. The van der Waals surface area contributed by atoms with E-state index < -0.39 is 0 Å². The monoisotopic (exact) mass is 452 g/mol. The van der Waals surface area contributed by atoms with Crippen molar-refractivity contribution in [1.29, 1.82) is 0 Å². The summed E-state index contributed by atoms with van der Waals surface area (Å²) >= 11 is 10.4. The second kappa shape index (κ2) is 8.94. The number of piperazine rings is 1. The molecule has 0 radical (unpaired) electrons. The molecule has 1 aromatic heterocycles. The van der Waals surface area contributed by atoms with Gasteiger partial charge in [0.1, 0.15) is 5.75 Å². The lowest BCUT2D eigenvalue weighted by molar-refractivity contribution is 0.353. The lowest BCUT2D eigenvalue weighted by Gasteiger charge is -2.28. The van der Waals surface area contributed by atoms with Crippen LogP contribution < -0.4 is 10.7 Å². The molecule has 0 amide bonds. The van der Waals surface area contributed by atoms with Gasteiger partial charge >= 0.3 is 0 Å². The first kappa shape index (κ1) is 19.3. The van der Waals surface area contributed by atoms with E-state index in [0.717, 1.165) is 47.5 Å². The molecular weight excluding hydrogens is 432 g/mol. The maximum absolute atomic E-state index is 10.6. The first-order valence-corrected chi connectivity index (χ1v) is 10.8. The molecule has 0 unspecified atom stereocenters. The Balaban J connectivity index is 1.72. The van der Waals surface area contributed by atoms with Crippen LogP contribution in [-0.2, 0) is 5.33 Å². The van der Waals surface area contributed by atoms with Crippen molar-refractivity contribution in [3.63, 3.8) is 0 Å². The van der Waals surface area contributed by atoms with Crippen LogP contribution >= 0.6 is 39.5 Å². The molecule has 26 heavy (non-hydrogen) atoms. The minimum absolute atomic E-state index is 0.262. The number of aromatic hydroxyl groups is 1. The molecule has 0 bridgehead atoms. The predicted octanol–water partition coefficient (Wildman–Crippen LogP) is 3.52. The largest absolute Gasteiger partial charge is 0.506 e. The normalized spacial score (nSPS) is 15.2. The van der Waals surface area contributed by atoms with E-state index in [0.29, 0.717) is 10.8 Å². The lowest BCUT2D eigenvalue weighted by atomic mass is 10.1. The molecule has 0 saturated carbocycles. The highest BCUT2D eigenvalue weighted by Gasteiger charge is 2.16. The van der Waals surface area contributed by atoms with Gasteiger partial charge in [-0.15, -0.1) is 11.3 Å². The number of hydrazone groups is 1. The average Bonchev–Trinajstić information content (AvgIpc) is 3.08. The fourth-order valence-corrected chi connectivity index (χ4v) is 4.30. The van der Waals surface area contributed by atoms with Gasteiger partial charge in [0.05, 0.1) is 16.2 Å². The van der Waals surface area contributed by atoms with Crippen LogP contribution in [0.25, 0.3) is 10.4 Å². The first-order chi connectivity index (χ1) is 12.6. The molecule has 8 heteroatoms. The van der Waals surface area contributed by atoms with Crippen LogP contribution in [0.5, 0.6) is 5.75 Å². The second-order valence-corrected chi connectivity index (χ2v) is 7.84. The molecule has 1 aliphatic rings. The Labute approximate surface area is 171 Å². The summed E-state index contributed by atoms with van der Waals surface area (Å²) in [5, 5.41) is 21.7. The van der Waals surface area contributed by atoms with Gasteiger partial charge in [-0.1, -0.05) is 40.2 Å². The number of halogens is 1. The number of thiophene rings is 1. The number of hydrogen-bond donors (Lipinski definition) is 3. The summed E-state index contributed by atoms with van der Waals surface area (Å²) in [6.45, 7) is 5.46. The summed E-state index contributed by atoms with van der Waals surface area (Å²) in [4.78, 5) is 2.94.